The summed E-state index contributed by atoms with van der Waals surface area (Å²) in [6, 6.07) is 18.5. The van der Waals surface area contributed by atoms with Crippen LogP contribution in [0.5, 0.6) is 0 Å². The molecule has 0 aliphatic heterocycles. The lowest BCUT2D eigenvalue weighted by Crippen LogP contribution is -1.90. The molecule has 3 aromatic rings. The molecular formula is C16H13BrN2. The summed E-state index contributed by atoms with van der Waals surface area (Å²) in [4.78, 5) is 7.82. The Kier molecular flexibility index (Phi) is 3.47. The first-order valence-electron chi connectivity index (χ1n) is 6.15. The van der Waals surface area contributed by atoms with Crippen molar-refractivity contribution in [3.63, 3.8) is 0 Å². The number of aromatic amines is 1. The maximum Gasteiger partial charge on any atom is 0.110 e. The first kappa shape index (κ1) is 12.2. The van der Waals surface area contributed by atoms with E-state index < -0.39 is 0 Å². The van der Waals surface area contributed by atoms with Gasteiger partial charge in [-0.2, -0.15) is 0 Å². The zero-order valence-electron chi connectivity index (χ0n) is 10.3. The smallest absolute Gasteiger partial charge is 0.110 e. The van der Waals surface area contributed by atoms with Gasteiger partial charge in [-0.15, -0.1) is 0 Å². The van der Waals surface area contributed by atoms with Crippen molar-refractivity contribution in [1.29, 1.82) is 0 Å². The topological polar surface area (TPSA) is 28.7 Å². The molecule has 0 aliphatic rings. The zero-order valence-corrected chi connectivity index (χ0v) is 11.9. The van der Waals surface area contributed by atoms with E-state index in [1.807, 2.05) is 36.5 Å². The molecule has 0 amide bonds. The van der Waals surface area contributed by atoms with Gasteiger partial charge in [0.15, 0.2) is 0 Å². The third kappa shape index (κ3) is 2.93. The van der Waals surface area contributed by atoms with Gasteiger partial charge in [-0.3, -0.25) is 0 Å². The van der Waals surface area contributed by atoms with Crippen LogP contribution >= 0.6 is 15.9 Å². The first-order valence-corrected chi connectivity index (χ1v) is 6.94. The van der Waals surface area contributed by atoms with Gasteiger partial charge in [0.1, 0.15) is 5.82 Å². The van der Waals surface area contributed by atoms with Gasteiger partial charge >= 0.3 is 0 Å². The second kappa shape index (κ2) is 5.41. The molecule has 2 aromatic carbocycles. The van der Waals surface area contributed by atoms with Crippen LogP contribution in [0.2, 0.25) is 0 Å². The highest BCUT2D eigenvalue weighted by Gasteiger charge is 2.04. The summed E-state index contributed by atoms with van der Waals surface area (Å²) in [5.74, 6) is 0.983. The first-order chi connectivity index (χ1) is 9.31. The van der Waals surface area contributed by atoms with Crippen LogP contribution in [0.15, 0.2) is 65.3 Å². The number of aromatic nitrogens is 2. The van der Waals surface area contributed by atoms with Crippen LogP contribution in [-0.4, -0.2) is 9.97 Å². The van der Waals surface area contributed by atoms with E-state index in [0.717, 1.165) is 28.0 Å². The molecule has 3 heteroatoms. The molecule has 0 radical (unpaired) electrons. The molecule has 2 nitrogen and oxygen atoms in total. The number of rotatable bonds is 3. The van der Waals surface area contributed by atoms with Gasteiger partial charge in [-0.25, -0.2) is 4.98 Å². The van der Waals surface area contributed by atoms with Gasteiger partial charge in [0, 0.05) is 10.9 Å². The highest BCUT2D eigenvalue weighted by atomic mass is 79.9. The van der Waals surface area contributed by atoms with E-state index in [1.54, 1.807) is 0 Å². The molecule has 0 bridgehead atoms. The molecule has 94 valence electrons. The van der Waals surface area contributed by atoms with Crippen LogP contribution < -0.4 is 0 Å². The maximum absolute atomic E-state index is 4.45. The number of hydrogen-bond acceptors (Lipinski definition) is 1. The van der Waals surface area contributed by atoms with Gasteiger partial charge in [-0.1, -0.05) is 58.4 Å². The third-order valence-corrected chi connectivity index (χ3v) is 3.47. The SMILES string of the molecule is Brc1cccc(Cc2ncc(-c3ccccc3)[nH]2)c1. The Morgan fingerprint density at radius 1 is 1.00 bits per heavy atom. The van der Waals surface area contributed by atoms with E-state index in [2.05, 4.69) is 50.2 Å². The van der Waals surface area contributed by atoms with Crippen LogP contribution in [-0.2, 0) is 6.42 Å². The number of hydrogen-bond donors (Lipinski definition) is 1. The summed E-state index contributed by atoms with van der Waals surface area (Å²) in [7, 11) is 0. The van der Waals surface area contributed by atoms with Crippen molar-refractivity contribution in [1.82, 2.24) is 9.97 Å². The normalized spacial score (nSPS) is 10.6. The van der Waals surface area contributed by atoms with Gasteiger partial charge < -0.3 is 4.98 Å². The highest BCUT2D eigenvalue weighted by Crippen LogP contribution is 2.18. The van der Waals surface area contributed by atoms with E-state index in [9.17, 15) is 0 Å². The number of nitrogens with one attached hydrogen (secondary N) is 1. The van der Waals surface area contributed by atoms with Crippen molar-refractivity contribution in [2.24, 2.45) is 0 Å². The molecule has 0 saturated heterocycles. The number of H-pyrrole nitrogens is 1. The lowest BCUT2D eigenvalue weighted by Gasteiger charge is -1.99. The number of benzene rings is 2. The molecule has 0 unspecified atom stereocenters. The van der Waals surface area contributed by atoms with Crippen LogP contribution in [0.1, 0.15) is 11.4 Å². The molecule has 0 aliphatic carbocycles. The standard InChI is InChI=1S/C16H13BrN2/c17-14-8-4-5-12(9-14)10-16-18-11-15(19-16)13-6-2-1-3-7-13/h1-9,11H,10H2,(H,18,19). The zero-order chi connectivity index (χ0) is 13.1. The quantitative estimate of drug-likeness (QED) is 0.761. The molecule has 1 heterocycles. The highest BCUT2D eigenvalue weighted by molar-refractivity contribution is 9.10. The number of nitrogens with zero attached hydrogens (tertiary/aromatic N) is 1. The van der Waals surface area contributed by atoms with E-state index in [-0.39, 0.29) is 0 Å². The largest absolute Gasteiger partial charge is 0.342 e. The summed E-state index contributed by atoms with van der Waals surface area (Å²) >= 11 is 3.49. The Morgan fingerprint density at radius 3 is 2.63 bits per heavy atom. The predicted octanol–water partition coefficient (Wildman–Crippen LogP) is 4.43. The van der Waals surface area contributed by atoms with Crippen molar-refractivity contribution in [2.45, 2.75) is 6.42 Å². The minimum Gasteiger partial charge on any atom is -0.342 e. The Balaban J connectivity index is 1.82. The predicted molar refractivity (Wildman–Crippen MR) is 81.0 cm³/mol. The average Bonchev–Trinajstić information content (AvgIpc) is 2.88. The minimum atomic E-state index is 0.812. The van der Waals surface area contributed by atoms with Gasteiger partial charge in [0.05, 0.1) is 11.9 Å². The lowest BCUT2D eigenvalue weighted by atomic mass is 10.1. The fourth-order valence-corrected chi connectivity index (χ4v) is 2.50. The van der Waals surface area contributed by atoms with Crippen molar-refractivity contribution in [2.75, 3.05) is 0 Å². The van der Waals surface area contributed by atoms with E-state index in [4.69, 9.17) is 0 Å². The van der Waals surface area contributed by atoms with Gasteiger partial charge in [0.25, 0.3) is 0 Å². The molecule has 19 heavy (non-hydrogen) atoms. The Morgan fingerprint density at radius 2 is 1.84 bits per heavy atom. The summed E-state index contributed by atoms with van der Waals surface area (Å²) in [6.07, 6.45) is 2.70. The van der Waals surface area contributed by atoms with E-state index in [0.29, 0.717) is 0 Å². The maximum atomic E-state index is 4.45. The number of halogens is 1. The van der Waals surface area contributed by atoms with Crippen molar-refractivity contribution in [3.8, 4) is 11.3 Å². The van der Waals surface area contributed by atoms with Crippen molar-refractivity contribution in [3.05, 3.63) is 76.7 Å². The number of imidazole rings is 1. The molecule has 0 saturated carbocycles. The van der Waals surface area contributed by atoms with Gasteiger partial charge in [-0.05, 0) is 23.3 Å². The second-order valence-corrected chi connectivity index (χ2v) is 5.33. The summed E-state index contributed by atoms with van der Waals surface area (Å²) in [5.41, 5.74) is 3.46. The molecule has 3 rings (SSSR count). The van der Waals surface area contributed by atoms with Gasteiger partial charge in [0.2, 0.25) is 0 Å². The van der Waals surface area contributed by atoms with E-state index in [1.165, 1.54) is 5.56 Å². The molecular weight excluding hydrogens is 300 g/mol. The summed E-state index contributed by atoms with van der Waals surface area (Å²) in [5, 5.41) is 0. The fourth-order valence-electron chi connectivity index (χ4n) is 2.06. The molecule has 0 atom stereocenters. The van der Waals surface area contributed by atoms with Crippen LogP contribution in [0, 0.1) is 0 Å². The molecule has 1 aromatic heterocycles. The van der Waals surface area contributed by atoms with Crippen molar-refractivity contribution < 1.29 is 0 Å². The minimum absolute atomic E-state index is 0.812. The monoisotopic (exact) mass is 312 g/mol. The fraction of sp³-hybridized carbons (Fsp3) is 0.0625. The molecule has 1 N–H and O–H groups in total. The Labute approximate surface area is 120 Å². The van der Waals surface area contributed by atoms with Crippen LogP contribution in [0.25, 0.3) is 11.3 Å². The van der Waals surface area contributed by atoms with E-state index >= 15 is 0 Å². The summed E-state index contributed by atoms with van der Waals surface area (Å²) in [6.45, 7) is 0. The Bertz CT molecular complexity index is 674. The van der Waals surface area contributed by atoms with Crippen molar-refractivity contribution >= 4 is 15.9 Å². The Hall–Kier alpha value is -1.87. The molecule has 0 spiro atoms. The average molecular weight is 313 g/mol. The summed E-state index contributed by atoms with van der Waals surface area (Å²) < 4.78 is 1.10. The molecule has 0 fully saturated rings. The second-order valence-electron chi connectivity index (χ2n) is 4.42. The van der Waals surface area contributed by atoms with Crippen LogP contribution in [0.3, 0.4) is 0 Å². The van der Waals surface area contributed by atoms with Crippen LogP contribution in [0.4, 0.5) is 0 Å². The third-order valence-electron chi connectivity index (χ3n) is 2.97. The lowest BCUT2D eigenvalue weighted by molar-refractivity contribution is 1.03.